The molecule has 1 heterocycles. The highest BCUT2D eigenvalue weighted by molar-refractivity contribution is 5.92. The zero-order chi connectivity index (χ0) is 31.6. The van der Waals surface area contributed by atoms with E-state index in [1.165, 1.54) is 6.42 Å². The number of aromatic amines is 1. The number of ether oxygens (including phenoxy) is 1. The van der Waals surface area contributed by atoms with E-state index in [1.807, 2.05) is 36.5 Å². The van der Waals surface area contributed by atoms with E-state index in [-0.39, 0.29) is 32.0 Å². The summed E-state index contributed by atoms with van der Waals surface area (Å²) in [6.45, 7) is 1.62. The van der Waals surface area contributed by atoms with Gasteiger partial charge in [-0.25, -0.2) is 4.79 Å². The summed E-state index contributed by atoms with van der Waals surface area (Å²) in [6, 6.07) is 16.8. The summed E-state index contributed by atoms with van der Waals surface area (Å²) in [5.74, 6) is -0.372. The molecule has 1 aromatic heterocycles. The zero-order valence-corrected chi connectivity index (χ0v) is 25.6. The molecule has 238 valence electrons. The molecule has 2 aromatic carbocycles. The van der Waals surface area contributed by atoms with Gasteiger partial charge in [0.1, 0.15) is 11.6 Å². The van der Waals surface area contributed by atoms with Crippen molar-refractivity contribution in [1.29, 1.82) is 0 Å². The van der Waals surface area contributed by atoms with Crippen LogP contribution in [0, 0.1) is 23.7 Å². The van der Waals surface area contributed by atoms with Crippen molar-refractivity contribution in [2.45, 2.75) is 69.4 Å². The molecule has 0 unspecified atom stereocenters. The first-order valence-electron chi connectivity index (χ1n) is 16.0. The predicted octanol–water partition coefficient (Wildman–Crippen LogP) is 4.51. The van der Waals surface area contributed by atoms with Gasteiger partial charge in [-0.15, -0.1) is 0 Å². The summed E-state index contributed by atoms with van der Waals surface area (Å²) < 4.78 is 6.13. The van der Waals surface area contributed by atoms with Crippen LogP contribution in [0.2, 0.25) is 0 Å². The van der Waals surface area contributed by atoms with E-state index in [0.717, 1.165) is 54.0 Å². The molecule has 4 aliphatic rings. The van der Waals surface area contributed by atoms with E-state index < -0.39 is 35.3 Å². The number of aromatic nitrogens is 1. The average Bonchev–Trinajstić information content (AvgIpc) is 3.41. The third-order valence-corrected chi connectivity index (χ3v) is 10.1. The number of carboxylic acid groups (broad SMARTS) is 1. The first-order valence-corrected chi connectivity index (χ1v) is 16.0. The highest BCUT2D eigenvalue weighted by Crippen LogP contribution is 2.54. The summed E-state index contributed by atoms with van der Waals surface area (Å²) in [5.41, 5.74) is 1.07. The largest absolute Gasteiger partial charge is 0.481 e. The molecule has 5 N–H and O–H groups in total. The number of amides is 3. The minimum absolute atomic E-state index is 0.0260. The summed E-state index contributed by atoms with van der Waals surface area (Å²) in [7, 11) is 0. The van der Waals surface area contributed by atoms with E-state index in [2.05, 4.69) is 20.9 Å². The van der Waals surface area contributed by atoms with Gasteiger partial charge in [0.2, 0.25) is 11.8 Å². The number of alkyl carbamates (subject to hydrolysis) is 1. The Morgan fingerprint density at radius 1 is 0.933 bits per heavy atom. The molecule has 45 heavy (non-hydrogen) atoms. The third-order valence-electron chi connectivity index (χ3n) is 10.1. The quantitative estimate of drug-likeness (QED) is 0.203. The number of carbonyl (C=O) groups excluding carboxylic acids is 3. The fourth-order valence-corrected chi connectivity index (χ4v) is 8.14. The molecule has 0 radical (unpaired) electrons. The fraction of sp³-hybridized carbons (Fsp3) is 0.486. The van der Waals surface area contributed by atoms with Gasteiger partial charge in [-0.2, -0.15) is 0 Å². The van der Waals surface area contributed by atoms with E-state index in [0.29, 0.717) is 17.4 Å². The van der Waals surface area contributed by atoms with Crippen molar-refractivity contribution in [2.75, 3.05) is 13.1 Å². The highest BCUT2D eigenvalue weighted by Gasteiger charge is 2.50. The van der Waals surface area contributed by atoms with Gasteiger partial charge in [-0.1, -0.05) is 48.5 Å². The van der Waals surface area contributed by atoms with Gasteiger partial charge in [0.25, 0.3) is 0 Å². The monoisotopic (exact) mass is 614 g/mol. The smallest absolute Gasteiger partial charge is 0.408 e. The Morgan fingerprint density at radius 2 is 1.60 bits per heavy atom. The van der Waals surface area contributed by atoms with Crippen LogP contribution in [-0.4, -0.2) is 58.7 Å². The van der Waals surface area contributed by atoms with Gasteiger partial charge in [0, 0.05) is 36.6 Å². The number of para-hydroxylation sites is 1. The molecule has 3 aromatic rings. The van der Waals surface area contributed by atoms with Crippen LogP contribution in [0.1, 0.15) is 62.5 Å². The Bertz CT molecular complexity index is 1530. The fourth-order valence-electron chi connectivity index (χ4n) is 8.14. The van der Waals surface area contributed by atoms with Crippen molar-refractivity contribution in [3.63, 3.8) is 0 Å². The molecule has 0 saturated heterocycles. The second kappa shape index (κ2) is 12.9. The molecule has 4 saturated carbocycles. The molecule has 4 aliphatic carbocycles. The minimum atomic E-state index is -1.39. The number of hydrogen-bond acceptors (Lipinski definition) is 5. The molecular weight excluding hydrogens is 572 g/mol. The number of benzene rings is 2. The van der Waals surface area contributed by atoms with Crippen molar-refractivity contribution < 1.29 is 29.0 Å². The van der Waals surface area contributed by atoms with Crippen LogP contribution >= 0.6 is 0 Å². The molecule has 10 nitrogen and oxygen atoms in total. The summed E-state index contributed by atoms with van der Waals surface area (Å²) >= 11 is 0. The summed E-state index contributed by atoms with van der Waals surface area (Å²) in [6.07, 6.45) is 6.83. The number of carboxylic acids is 1. The van der Waals surface area contributed by atoms with Gasteiger partial charge in [0.05, 0.1) is 12.3 Å². The lowest BCUT2D eigenvalue weighted by atomic mass is 9.55. The lowest BCUT2D eigenvalue weighted by molar-refractivity contribution is -0.137. The number of aliphatic carboxylic acids is 1. The van der Waals surface area contributed by atoms with Crippen LogP contribution in [0.15, 0.2) is 60.8 Å². The Labute approximate surface area is 262 Å². The second-order valence-electron chi connectivity index (χ2n) is 13.4. The molecule has 4 bridgehead atoms. The maximum absolute atomic E-state index is 14.1. The van der Waals surface area contributed by atoms with Crippen molar-refractivity contribution in [1.82, 2.24) is 20.9 Å². The van der Waals surface area contributed by atoms with Crippen LogP contribution < -0.4 is 16.0 Å². The molecule has 4 fully saturated rings. The first-order chi connectivity index (χ1) is 21.7. The SMILES string of the molecule is C[C@](Cc1c[nH]c2ccccc12)(NC(=O)OC1C2CC3CC(C2)CC1C3)C(=O)NC[C@H](C(=O)NCCC(=O)O)c1ccccc1. The molecule has 3 amide bonds. The van der Waals surface area contributed by atoms with Gasteiger partial charge in [-0.3, -0.25) is 14.4 Å². The Kier molecular flexibility index (Phi) is 8.83. The van der Waals surface area contributed by atoms with E-state index >= 15 is 0 Å². The van der Waals surface area contributed by atoms with Crippen molar-refractivity contribution in [2.24, 2.45) is 23.7 Å². The van der Waals surface area contributed by atoms with Gasteiger partial charge >= 0.3 is 12.1 Å². The predicted molar refractivity (Wildman–Crippen MR) is 168 cm³/mol. The molecule has 0 aliphatic heterocycles. The lowest BCUT2D eigenvalue weighted by Crippen LogP contribution is -2.60. The van der Waals surface area contributed by atoms with Crippen molar-refractivity contribution >= 4 is 34.8 Å². The normalized spacial score (nSPS) is 25.2. The van der Waals surface area contributed by atoms with Crippen LogP contribution in [0.3, 0.4) is 0 Å². The van der Waals surface area contributed by atoms with Crippen molar-refractivity contribution in [3.05, 3.63) is 71.9 Å². The van der Waals surface area contributed by atoms with Gasteiger partial charge in [-0.05, 0) is 79.9 Å². The van der Waals surface area contributed by atoms with E-state index in [9.17, 15) is 19.2 Å². The molecule has 2 atom stereocenters. The third kappa shape index (κ3) is 6.84. The number of rotatable bonds is 12. The Balaban J connectivity index is 1.19. The van der Waals surface area contributed by atoms with Gasteiger partial charge in [0.15, 0.2) is 0 Å². The molecule has 7 rings (SSSR count). The van der Waals surface area contributed by atoms with Crippen LogP contribution in [0.4, 0.5) is 4.79 Å². The lowest BCUT2D eigenvalue weighted by Gasteiger charge is -2.53. The van der Waals surface area contributed by atoms with Crippen LogP contribution in [0.25, 0.3) is 10.9 Å². The number of carbonyl (C=O) groups is 4. The Hall–Kier alpha value is -4.34. The minimum Gasteiger partial charge on any atom is -0.481 e. The molecule has 0 spiro atoms. The molecule has 10 heteroatoms. The summed E-state index contributed by atoms with van der Waals surface area (Å²) in [5, 5.41) is 18.5. The van der Waals surface area contributed by atoms with E-state index in [1.54, 1.807) is 31.2 Å². The van der Waals surface area contributed by atoms with Crippen LogP contribution in [0.5, 0.6) is 0 Å². The first kappa shape index (κ1) is 30.7. The summed E-state index contributed by atoms with van der Waals surface area (Å²) in [4.78, 5) is 55.0. The standard InChI is InChI=1S/C35H42N4O6/c1-35(18-26-19-37-29-10-6-5-9-27(26)29,39-34(44)45-31-24-14-21-13-22(16-24)17-25(31)15-21)33(43)38-20-28(23-7-3-2-4-8-23)32(42)36-12-11-30(40)41/h2-10,19,21-22,24-25,28,31,37H,11-18,20H2,1H3,(H,36,42)(H,38,43)(H,39,44)(H,40,41)/t21?,22?,24?,25?,28-,31?,35+/m0/s1. The van der Waals surface area contributed by atoms with Crippen molar-refractivity contribution in [3.8, 4) is 0 Å². The average molecular weight is 615 g/mol. The zero-order valence-electron chi connectivity index (χ0n) is 25.6. The highest BCUT2D eigenvalue weighted by atomic mass is 16.6. The van der Waals surface area contributed by atoms with Gasteiger partial charge < -0.3 is 30.8 Å². The molecular formula is C35H42N4O6. The number of nitrogens with one attached hydrogen (secondary N) is 4. The van der Waals surface area contributed by atoms with E-state index in [4.69, 9.17) is 9.84 Å². The Morgan fingerprint density at radius 3 is 2.29 bits per heavy atom. The number of hydrogen-bond donors (Lipinski definition) is 5. The second-order valence-corrected chi connectivity index (χ2v) is 13.4. The number of fused-ring (bicyclic) bond motifs is 1. The number of H-pyrrole nitrogens is 1. The topological polar surface area (TPSA) is 150 Å². The maximum atomic E-state index is 14.1. The van der Waals surface area contributed by atoms with Crippen LogP contribution in [-0.2, 0) is 25.5 Å². The maximum Gasteiger partial charge on any atom is 0.408 e.